The van der Waals surface area contributed by atoms with E-state index < -0.39 is 0 Å². The van der Waals surface area contributed by atoms with Gasteiger partial charge in [0.1, 0.15) is 0 Å². The zero-order valence-corrected chi connectivity index (χ0v) is 9.47. The van der Waals surface area contributed by atoms with Crippen LogP contribution in [0.3, 0.4) is 0 Å². The number of rotatable bonds is 2. The first-order valence-corrected chi connectivity index (χ1v) is 6.40. The Morgan fingerprint density at radius 3 is 2.21 bits per heavy atom. The van der Waals surface area contributed by atoms with Gasteiger partial charge in [0.05, 0.1) is 5.60 Å². The van der Waals surface area contributed by atoms with Crippen molar-refractivity contribution in [1.82, 2.24) is 0 Å². The van der Waals surface area contributed by atoms with Crippen LogP contribution in [0, 0.1) is 11.8 Å². The number of aliphatic hydroxyl groups is 1. The molecule has 2 aliphatic carbocycles. The maximum atomic E-state index is 10.4. The van der Waals surface area contributed by atoms with E-state index in [1.165, 1.54) is 38.5 Å². The van der Waals surface area contributed by atoms with E-state index in [0.29, 0.717) is 0 Å². The topological polar surface area (TPSA) is 20.2 Å². The molecular weight excluding hydrogens is 172 g/mol. The maximum Gasteiger partial charge on any atom is 0.0650 e. The van der Waals surface area contributed by atoms with Crippen molar-refractivity contribution in [2.45, 2.75) is 70.3 Å². The van der Waals surface area contributed by atoms with Gasteiger partial charge in [0.15, 0.2) is 0 Å². The zero-order chi connectivity index (χ0) is 10.0. The highest BCUT2D eigenvalue weighted by Gasteiger charge is 2.34. The van der Waals surface area contributed by atoms with E-state index in [4.69, 9.17) is 0 Å². The third-order valence-corrected chi connectivity index (χ3v) is 4.35. The molecule has 0 saturated heterocycles. The molecule has 0 unspecified atom stereocenters. The van der Waals surface area contributed by atoms with Crippen LogP contribution in [0.5, 0.6) is 0 Å². The van der Waals surface area contributed by atoms with Gasteiger partial charge in [0, 0.05) is 0 Å². The summed E-state index contributed by atoms with van der Waals surface area (Å²) in [6, 6.07) is 0. The van der Waals surface area contributed by atoms with Crippen LogP contribution in [0.25, 0.3) is 0 Å². The summed E-state index contributed by atoms with van der Waals surface area (Å²) >= 11 is 0. The SMILES string of the molecule is CC1CCC(O)(CC2CCCC2)CC1. The fourth-order valence-electron chi connectivity index (χ4n) is 3.26. The molecule has 2 aliphatic rings. The Morgan fingerprint density at radius 1 is 1.07 bits per heavy atom. The summed E-state index contributed by atoms with van der Waals surface area (Å²) in [4.78, 5) is 0. The zero-order valence-electron chi connectivity index (χ0n) is 9.47. The summed E-state index contributed by atoms with van der Waals surface area (Å²) in [5, 5.41) is 10.4. The second-order valence-corrected chi connectivity index (χ2v) is 5.76. The van der Waals surface area contributed by atoms with Crippen LogP contribution >= 0.6 is 0 Å². The molecule has 2 fully saturated rings. The van der Waals surface area contributed by atoms with E-state index in [1.807, 2.05) is 0 Å². The lowest BCUT2D eigenvalue weighted by Crippen LogP contribution is -2.35. The standard InChI is InChI=1S/C13H24O/c1-11-6-8-13(14,9-7-11)10-12-4-2-3-5-12/h11-12,14H,2-10H2,1H3. The van der Waals surface area contributed by atoms with E-state index in [9.17, 15) is 5.11 Å². The Kier molecular flexibility index (Phi) is 3.16. The quantitative estimate of drug-likeness (QED) is 0.716. The van der Waals surface area contributed by atoms with Gasteiger partial charge in [-0.15, -0.1) is 0 Å². The van der Waals surface area contributed by atoms with E-state index >= 15 is 0 Å². The lowest BCUT2D eigenvalue weighted by Gasteiger charge is -2.36. The summed E-state index contributed by atoms with van der Waals surface area (Å²) in [5.74, 6) is 1.69. The summed E-state index contributed by atoms with van der Waals surface area (Å²) < 4.78 is 0. The molecule has 0 aliphatic heterocycles. The van der Waals surface area contributed by atoms with Crippen LogP contribution in [-0.4, -0.2) is 10.7 Å². The molecule has 14 heavy (non-hydrogen) atoms. The van der Waals surface area contributed by atoms with Crippen LogP contribution in [0.2, 0.25) is 0 Å². The Bertz CT molecular complexity index is 174. The predicted molar refractivity (Wildman–Crippen MR) is 59.2 cm³/mol. The van der Waals surface area contributed by atoms with Gasteiger partial charge in [-0.3, -0.25) is 0 Å². The molecule has 0 heterocycles. The Morgan fingerprint density at radius 2 is 1.64 bits per heavy atom. The summed E-state index contributed by atoms with van der Waals surface area (Å²) in [7, 11) is 0. The van der Waals surface area contributed by atoms with E-state index in [-0.39, 0.29) is 5.60 Å². The van der Waals surface area contributed by atoms with E-state index in [2.05, 4.69) is 6.92 Å². The maximum absolute atomic E-state index is 10.4. The smallest absolute Gasteiger partial charge is 0.0650 e. The molecule has 0 aromatic carbocycles. The van der Waals surface area contributed by atoms with Gasteiger partial charge in [-0.05, 0) is 43.9 Å². The fraction of sp³-hybridized carbons (Fsp3) is 1.00. The minimum atomic E-state index is -0.276. The first-order chi connectivity index (χ1) is 6.68. The first kappa shape index (κ1) is 10.5. The van der Waals surface area contributed by atoms with Crippen molar-refractivity contribution in [2.75, 3.05) is 0 Å². The van der Waals surface area contributed by atoms with Crippen molar-refractivity contribution in [3.63, 3.8) is 0 Å². The van der Waals surface area contributed by atoms with E-state index in [1.54, 1.807) is 0 Å². The highest BCUT2D eigenvalue weighted by Crippen LogP contribution is 2.40. The predicted octanol–water partition coefficient (Wildman–Crippen LogP) is 3.51. The minimum absolute atomic E-state index is 0.276. The minimum Gasteiger partial charge on any atom is -0.390 e. The van der Waals surface area contributed by atoms with Gasteiger partial charge >= 0.3 is 0 Å². The fourth-order valence-corrected chi connectivity index (χ4v) is 3.26. The summed E-state index contributed by atoms with van der Waals surface area (Å²) in [6.45, 7) is 2.31. The molecule has 0 bridgehead atoms. The molecule has 0 aromatic heterocycles. The second kappa shape index (κ2) is 4.22. The first-order valence-electron chi connectivity index (χ1n) is 6.40. The molecule has 82 valence electrons. The molecular formula is C13H24O. The van der Waals surface area contributed by atoms with E-state index in [0.717, 1.165) is 31.1 Å². The van der Waals surface area contributed by atoms with Crippen LogP contribution in [0.4, 0.5) is 0 Å². The van der Waals surface area contributed by atoms with Gasteiger partial charge in [0.25, 0.3) is 0 Å². The Hall–Kier alpha value is -0.0400. The number of hydrogen-bond acceptors (Lipinski definition) is 1. The third kappa shape index (κ3) is 2.50. The molecule has 2 saturated carbocycles. The lowest BCUT2D eigenvalue weighted by atomic mass is 9.75. The van der Waals surface area contributed by atoms with Gasteiger partial charge in [0.2, 0.25) is 0 Å². The van der Waals surface area contributed by atoms with Crippen LogP contribution in [0.1, 0.15) is 64.7 Å². The molecule has 1 N–H and O–H groups in total. The molecule has 0 amide bonds. The Balaban J connectivity index is 1.82. The van der Waals surface area contributed by atoms with Gasteiger partial charge in [-0.25, -0.2) is 0 Å². The average molecular weight is 196 g/mol. The molecule has 2 rings (SSSR count). The largest absolute Gasteiger partial charge is 0.390 e. The Labute approximate surface area is 87.9 Å². The van der Waals surface area contributed by atoms with Crippen LogP contribution in [0.15, 0.2) is 0 Å². The average Bonchev–Trinajstić information content (AvgIpc) is 2.63. The normalized spacial score (nSPS) is 40.3. The van der Waals surface area contributed by atoms with Gasteiger partial charge in [-0.2, -0.15) is 0 Å². The lowest BCUT2D eigenvalue weighted by molar-refractivity contribution is -0.0268. The molecule has 1 nitrogen and oxygen atoms in total. The van der Waals surface area contributed by atoms with Crippen molar-refractivity contribution in [2.24, 2.45) is 11.8 Å². The van der Waals surface area contributed by atoms with Crippen molar-refractivity contribution in [3.8, 4) is 0 Å². The highest BCUT2D eigenvalue weighted by atomic mass is 16.3. The van der Waals surface area contributed by atoms with Crippen molar-refractivity contribution in [3.05, 3.63) is 0 Å². The molecule has 0 aromatic rings. The summed E-state index contributed by atoms with van der Waals surface area (Å²) in [6.07, 6.45) is 11.2. The van der Waals surface area contributed by atoms with Crippen molar-refractivity contribution >= 4 is 0 Å². The number of hydrogen-bond donors (Lipinski definition) is 1. The van der Waals surface area contributed by atoms with Crippen LogP contribution < -0.4 is 0 Å². The van der Waals surface area contributed by atoms with Crippen molar-refractivity contribution in [1.29, 1.82) is 0 Å². The molecule has 1 heteroatoms. The molecule has 0 spiro atoms. The van der Waals surface area contributed by atoms with Gasteiger partial charge < -0.3 is 5.11 Å². The second-order valence-electron chi connectivity index (χ2n) is 5.76. The van der Waals surface area contributed by atoms with Crippen molar-refractivity contribution < 1.29 is 5.11 Å². The monoisotopic (exact) mass is 196 g/mol. The third-order valence-electron chi connectivity index (χ3n) is 4.35. The highest BCUT2D eigenvalue weighted by molar-refractivity contribution is 4.87. The van der Waals surface area contributed by atoms with Crippen LogP contribution in [-0.2, 0) is 0 Å². The molecule has 0 radical (unpaired) electrons. The van der Waals surface area contributed by atoms with Gasteiger partial charge in [-0.1, -0.05) is 32.6 Å². The summed E-state index contributed by atoms with van der Waals surface area (Å²) in [5.41, 5.74) is -0.276. The molecule has 0 atom stereocenters.